The fourth-order valence-electron chi connectivity index (χ4n) is 3.72. The molecule has 0 unspecified atom stereocenters. The highest BCUT2D eigenvalue weighted by Crippen LogP contribution is 2.14. The average Bonchev–Trinajstić information content (AvgIpc) is 2.69. The van der Waals surface area contributed by atoms with E-state index in [1.807, 2.05) is 0 Å². The Balaban J connectivity index is 3.02. The van der Waals surface area contributed by atoms with E-state index in [2.05, 4.69) is 17.6 Å². The van der Waals surface area contributed by atoms with Crippen LogP contribution in [-0.4, -0.2) is 24.4 Å². The van der Waals surface area contributed by atoms with E-state index in [9.17, 15) is 4.79 Å². The summed E-state index contributed by atoms with van der Waals surface area (Å²) in [6.07, 6.45) is 27.6. The predicted molar refractivity (Wildman–Crippen MR) is 122 cm³/mol. The fourth-order valence-corrected chi connectivity index (χ4v) is 3.72. The van der Waals surface area contributed by atoms with Gasteiger partial charge in [0.15, 0.2) is 0 Å². The lowest BCUT2D eigenvalue weighted by Crippen LogP contribution is -2.36. The molecule has 0 aliphatic heterocycles. The number of hydrogen-bond acceptors (Lipinski definition) is 2. The fraction of sp³-hybridized carbons (Fsp3) is 0.958. The van der Waals surface area contributed by atoms with Crippen LogP contribution in [0.4, 0.5) is 4.79 Å². The summed E-state index contributed by atoms with van der Waals surface area (Å²) < 4.78 is 0. The van der Waals surface area contributed by atoms with Crippen molar-refractivity contribution in [2.75, 3.05) is 13.3 Å². The molecule has 2 amide bonds. The second-order valence-corrected chi connectivity index (χ2v) is 8.31. The Morgan fingerprint density at radius 3 is 1.18 bits per heavy atom. The molecular formula is C24H50N2O2. The maximum atomic E-state index is 11.1. The van der Waals surface area contributed by atoms with Gasteiger partial charge in [0.05, 0.1) is 0 Å². The summed E-state index contributed by atoms with van der Waals surface area (Å²) >= 11 is 0. The van der Waals surface area contributed by atoms with Gasteiger partial charge in [-0.25, -0.2) is 4.79 Å². The lowest BCUT2D eigenvalue weighted by Gasteiger charge is -2.05. The van der Waals surface area contributed by atoms with Crippen LogP contribution in [0.2, 0.25) is 0 Å². The van der Waals surface area contributed by atoms with Crippen molar-refractivity contribution < 1.29 is 9.90 Å². The predicted octanol–water partition coefficient (Wildman–Crippen LogP) is 7.06. The molecule has 0 aliphatic rings. The molecule has 4 heteroatoms. The first kappa shape index (κ1) is 27.2. The number of aliphatic hydroxyl groups is 1. The standard InChI is InChI=1S/C24H50N2O2/c1-2-3-4-5-6-7-8-9-10-11-12-13-14-15-16-17-18-19-20-21-22-25-24(28)26-23-27/h27H,2-23H2,1H3,(H2,25,26,28). The van der Waals surface area contributed by atoms with Crippen molar-refractivity contribution in [1.82, 2.24) is 10.6 Å². The van der Waals surface area contributed by atoms with Crippen LogP contribution in [0.15, 0.2) is 0 Å². The van der Waals surface area contributed by atoms with Crippen molar-refractivity contribution >= 4 is 6.03 Å². The van der Waals surface area contributed by atoms with Gasteiger partial charge in [-0.2, -0.15) is 0 Å². The molecule has 0 saturated heterocycles. The minimum atomic E-state index is -0.301. The molecule has 0 bridgehead atoms. The van der Waals surface area contributed by atoms with E-state index in [-0.39, 0.29) is 12.8 Å². The highest BCUT2D eigenvalue weighted by molar-refractivity contribution is 5.73. The van der Waals surface area contributed by atoms with Crippen LogP contribution in [0.1, 0.15) is 135 Å². The maximum Gasteiger partial charge on any atom is 0.316 e. The van der Waals surface area contributed by atoms with Gasteiger partial charge in [-0.05, 0) is 6.42 Å². The lowest BCUT2D eigenvalue weighted by atomic mass is 10.0. The monoisotopic (exact) mass is 398 g/mol. The summed E-state index contributed by atoms with van der Waals surface area (Å²) in [4.78, 5) is 11.1. The Hall–Kier alpha value is -0.770. The Kier molecular flexibility index (Phi) is 23.6. The molecule has 0 radical (unpaired) electrons. The molecule has 0 rings (SSSR count). The molecule has 0 atom stereocenters. The Morgan fingerprint density at radius 1 is 0.536 bits per heavy atom. The van der Waals surface area contributed by atoms with E-state index in [1.54, 1.807) is 0 Å². The van der Waals surface area contributed by atoms with E-state index in [1.165, 1.54) is 122 Å². The zero-order chi connectivity index (χ0) is 20.5. The largest absolute Gasteiger partial charge is 0.376 e. The number of carbonyl (C=O) groups is 1. The van der Waals surface area contributed by atoms with Gasteiger partial charge in [-0.3, -0.25) is 0 Å². The molecule has 3 N–H and O–H groups in total. The number of unbranched alkanes of at least 4 members (excludes halogenated alkanes) is 19. The average molecular weight is 399 g/mol. The molecule has 0 aromatic rings. The van der Waals surface area contributed by atoms with E-state index < -0.39 is 0 Å². The van der Waals surface area contributed by atoms with Crippen LogP contribution in [0, 0.1) is 0 Å². The van der Waals surface area contributed by atoms with Gasteiger partial charge in [-0.15, -0.1) is 0 Å². The molecular weight excluding hydrogens is 348 g/mol. The number of hydrogen-bond donors (Lipinski definition) is 3. The molecule has 168 valence electrons. The number of carbonyl (C=O) groups excluding carboxylic acids is 1. The smallest absolute Gasteiger partial charge is 0.316 e. The quantitative estimate of drug-likeness (QED) is 0.135. The summed E-state index contributed by atoms with van der Waals surface area (Å²) in [5.74, 6) is 0. The van der Waals surface area contributed by atoms with Gasteiger partial charge in [0.2, 0.25) is 0 Å². The van der Waals surface area contributed by atoms with Gasteiger partial charge < -0.3 is 15.7 Å². The van der Waals surface area contributed by atoms with Crippen LogP contribution in [-0.2, 0) is 0 Å². The molecule has 0 spiro atoms. The normalized spacial score (nSPS) is 10.9. The first-order valence-corrected chi connectivity index (χ1v) is 12.4. The Morgan fingerprint density at radius 2 is 0.857 bits per heavy atom. The van der Waals surface area contributed by atoms with E-state index in [0.717, 1.165) is 6.42 Å². The molecule has 0 aliphatic carbocycles. The summed E-state index contributed by atoms with van der Waals surface area (Å²) in [5, 5.41) is 13.6. The summed E-state index contributed by atoms with van der Waals surface area (Å²) in [6.45, 7) is 2.69. The molecule has 4 nitrogen and oxygen atoms in total. The Labute approximate surface area is 175 Å². The second kappa shape index (κ2) is 24.3. The van der Waals surface area contributed by atoms with Gasteiger partial charge in [-0.1, -0.05) is 129 Å². The first-order valence-electron chi connectivity index (χ1n) is 12.4. The van der Waals surface area contributed by atoms with Gasteiger partial charge in [0.25, 0.3) is 0 Å². The molecule has 0 saturated carbocycles. The van der Waals surface area contributed by atoms with Crippen molar-refractivity contribution in [3.63, 3.8) is 0 Å². The van der Waals surface area contributed by atoms with Crippen molar-refractivity contribution in [3.8, 4) is 0 Å². The SMILES string of the molecule is CCCCCCCCCCCCCCCCCCCCCCNC(=O)NCO. The molecule has 28 heavy (non-hydrogen) atoms. The summed E-state index contributed by atoms with van der Waals surface area (Å²) in [7, 11) is 0. The topological polar surface area (TPSA) is 61.4 Å². The minimum Gasteiger partial charge on any atom is -0.376 e. The third kappa shape index (κ3) is 23.3. The number of nitrogens with one attached hydrogen (secondary N) is 2. The van der Waals surface area contributed by atoms with Gasteiger partial charge in [0, 0.05) is 6.54 Å². The van der Waals surface area contributed by atoms with E-state index >= 15 is 0 Å². The number of rotatable bonds is 22. The van der Waals surface area contributed by atoms with Crippen molar-refractivity contribution in [2.24, 2.45) is 0 Å². The zero-order valence-electron chi connectivity index (χ0n) is 18.9. The van der Waals surface area contributed by atoms with Crippen LogP contribution in [0.5, 0.6) is 0 Å². The third-order valence-corrected chi connectivity index (χ3v) is 5.56. The molecule has 0 fully saturated rings. The minimum absolute atomic E-state index is 0.277. The zero-order valence-corrected chi connectivity index (χ0v) is 18.9. The highest BCUT2D eigenvalue weighted by Gasteiger charge is 1.97. The highest BCUT2D eigenvalue weighted by atomic mass is 16.3. The number of urea groups is 1. The van der Waals surface area contributed by atoms with Gasteiger partial charge >= 0.3 is 6.03 Å². The van der Waals surface area contributed by atoms with Gasteiger partial charge in [0.1, 0.15) is 6.73 Å². The summed E-state index contributed by atoms with van der Waals surface area (Å²) in [6, 6.07) is -0.277. The van der Waals surface area contributed by atoms with Crippen molar-refractivity contribution in [2.45, 2.75) is 135 Å². The van der Waals surface area contributed by atoms with Crippen LogP contribution < -0.4 is 10.6 Å². The number of aliphatic hydroxyl groups excluding tert-OH is 1. The van der Waals surface area contributed by atoms with Crippen molar-refractivity contribution in [1.29, 1.82) is 0 Å². The lowest BCUT2D eigenvalue weighted by molar-refractivity contribution is 0.217. The number of amides is 2. The van der Waals surface area contributed by atoms with E-state index in [4.69, 9.17) is 5.11 Å². The van der Waals surface area contributed by atoms with Crippen LogP contribution >= 0.6 is 0 Å². The van der Waals surface area contributed by atoms with E-state index in [0.29, 0.717) is 6.54 Å². The maximum absolute atomic E-state index is 11.1. The molecule has 0 aromatic heterocycles. The molecule has 0 aromatic carbocycles. The summed E-state index contributed by atoms with van der Waals surface area (Å²) in [5.41, 5.74) is 0. The van der Waals surface area contributed by atoms with Crippen LogP contribution in [0.3, 0.4) is 0 Å². The Bertz CT molecular complexity index is 311. The second-order valence-electron chi connectivity index (χ2n) is 8.31. The van der Waals surface area contributed by atoms with Crippen molar-refractivity contribution in [3.05, 3.63) is 0 Å². The third-order valence-electron chi connectivity index (χ3n) is 5.56. The molecule has 0 heterocycles. The first-order chi connectivity index (χ1) is 13.8. The van der Waals surface area contributed by atoms with Crippen LogP contribution in [0.25, 0.3) is 0 Å².